The summed E-state index contributed by atoms with van der Waals surface area (Å²) < 4.78 is 12.9. The highest BCUT2D eigenvalue weighted by atomic mass is 35.5. The van der Waals surface area contributed by atoms with Crippen molar-refractivity contribution in [1.29, 1.82) is 0 Å². The van der Waals surface area contributed by atoms with Gasteiger partial charge in [-0.1, -0.05) is 17.7 Å². The third-order valence-electron chi connectivity index (χ3n) is 2.32. The normalized spacial score (nSPS) is 10.3. The van der Waals surface area contributed by atoms with E-state index in [1.807, 2.05) is 0 Å². The number of hydrogen-bond donors (Lipinski definition) is 2. The van der Waals surface area contributed by atoms with Gasteiger partial charge in [-0.15, -0.1) is 6.58 Å². The standard InChI is InChI=1S/C13H14ClFN2O3/c1-2-5-17(8-13(19)20)7-12(18)16-11-4-3-9(15)6-10(11)14/h2-4,6H,1,5,7-8H2,(H,16,18)(H,19,20). The molecule has 0 unspecified atom stereocenters. The summed E-state index contributed by atoms with van der Waals surface area (Å²) in [6.07, 6.45) is 1.50. The van der Waals surface area contributed by atoms with Gasteiger partial charge < -0.3 is 10.4 Å². The Kier molecular flexibility index (Phi) is 6.14. The van der Waals surface area contributed by atoms with Crippen LogP contribution in [0.2, 0.25) is 5.02 Å². The molecule has 1 amide bonds. The van der Waals surface area contributed by atoms with Crippen LogP contribution in [-0.2, 0) is 9.59 Å². The number of nitrogens with one attached hydrogen (secondary N) is 1. The van der Waals surface area contributed by atoms with Crippen LogP contribution in [0.25, 0.3) is 0 Å². The molecule has 0 aliphatic heterocycles. The fourth-order valence-electron chi connectivity index (χ4n) is 1.54. The van der Waals surface area contributed by atoms with Gasteiger partial charge in [0.25, 0.3) is 0 Å². The van der Waals surface area contributed by atoms with Crippen molar-refractivity contribution in [2.45, 2.75) is 0 Å². The summed E-state index contributed by atoms with van der Waals surface area (Å²) in [5.41, 5.74) is 0.270. The molecule has 1 rings (SSSR count). The van der Waals surface area contributed by atoms with E-state index in [1.165, 1.54) is 23.1 Å². The molecule has 0 aromatic heterocycles. The second-order valence-electron chi connectivity index (χ2n) is 4.02. The van der Waals surface area contributed by atoms with Crippen LogP contribution in [0.5, 0.6) is 0 Å². The second-order valence-corrected chi connectivity index (χ2v) is 4.43. The van der Waals surface area contributed by atoms with Crippen LogP contribution < -0.4 is 5.32 Å². The van der Waals surface area contributed by atoms with Crippen LogP contribution in [0.15, 0.2) is 30.9 Å². The van der Waals surface area contributed by atoms with Crippen molar-refractivity contribution >= 4 is 29.2 Å². The molecule has 0 fully saturated rings. The van der Waals surface area contributed by atoms with Crippen LogP contribution in [0.3, 0.4) is 0 Å². The Morgan fingerprint density at radius 1 is 1.45 bits per heavy atom. The van der Waals surface area contributed by atoms with Crippen molar-refractivity contribution in [2.75, 3.05) is 25.0 Å². The van der Waals surface area contributed by atoms with E-state index in [0.29, 0.717) is 0 Å². The van der Waals surface area contributed by atoms with Crippen LogP contribution in [-0.4, -0.2) is 41.5 Å². The molecule has 0 heterocycles. The molecule has 5 nitrogen and oxygen atoms in total. The number of anilines is 1. The van der Waals surface area contributed by atoms with Crippen molar-refractivity contribution in [3.8, 4) is 0 Å². The van der Waals surface area contributed by atoms with Crippen molar-refractivity contribution in [2.24, 2.45) is 0 Å². The highest BCUT2D eigenvalue weighted by molar-refractivity contribution is 6.33. The molecular weight excluding hydrogens is 287 g/mol. The highest BCUT2D eigenvalue weighted by Crippen LogP contribution is 2.22. The molecule has 2 N–H and O–H groups in total. The smallest absolute Gasteiger partial charge is 0.317 e. The number of nitrogens with zero attached hydrogens (tertiary/aromatic N) is 1. The first kappa shape index (κ1) is 16.1. The molecule has 0 atom stereocenters. The van der Waals surface area contributed by atoms with Gasteiger partial charge in [0.2, 0.25) is 5.91 Å². The van der Waals surface area contributed by atoms with E-state index in [4.69, 9.17) is 16.7 Å². The van der Waals surface area contributed by atoms with Gasteiger partial charge in [0.1, 0.15) is 5.82 Å². The average molecular weight is 301 g/mol. The molecule has 0 bridgehead atoms. The van der Waals surface area contributed by atoms with Gasteiger partial charge in [-0.2, -0.15) is 0 Å². The molecule has 0 radical (unpaired) electrons. The fraction of sp³-hybridized carbons (Fsp3) is 0.231. The first-order chi connectivity index (χ1) is 9.42. The minimum absolute atomic E-state index is 0.0758. The Morgan fingerprint density at radius 3 is 2.70 bits per heavy atom. The minimum atomic E-state index is -1.04. The number of carbonyl (C=O) groups is 2. The maximum atomic E-state index is 12.9. The number of aliphatic carboxylic acids is 1. The summed E-state index contributed by atoms with van der Waals surface area (Å²) in [4.78, 5) is 23.8. The Labute approximate surface area is 120 Å². The molecular formula is C13H14ClFN2O3. The molecule has 0 aliphatic carbocycles. The largest absolute Gasteiger partial charge is 0.480 e. The number of carboxylic acid groups (broad SMARTS) is 1. The summed E-state index contributed by atoms with van der Waals surface area (Å²) in [5.74, 6) is -1.99. The molecule has 0 spiro atoms. The van der Waals surface area contributed by atoms with Crippen LogP contribution in [0, 0.1) is 5.82 Å². The molecule has 1 aromatic carbocycles. The fourth-order valence-corrected chi connectivity index (χ4v) is 1.76. The lowest BCUT2D eigenvalue weighted by Crippen LogP contribution is -2.37. The summed E-state index contributed by atoms with van der Waals surface area (Å²) >= 11 is 5.78. The van der Waals surface area contributed by atoms with E-state index in [2.05, 4.69) is 11.9 Å². The molecule has 1 aromatic rings. The first-order valence-electron chi connectivity index (χ1n) is 5.72. The minimum Gasteiger partial charge on any atom is -0.480 e. The number of benzene rings is 1. The molecule has 20 heavy (non-hydrogen) atoms. The van der Waals surface area contributed by atoms with Gasteiger partial charge in [-0.25, -0.2) is 4.39 Å². The van der Waals surface area contributed by atoms with Crippen molar-refractivity contribution in [3.63, 3.8) is 0 Å². The second kappa shape index (κ2) is 7.62. The molecule has 0 saturated heterocycles. The van der Waals surface area contributed by atoms with Crippen molar-refractivity contribution in [3.05, 3.63) is 41.7 Å². The quantitative estimate of drug-likeness (QED) is 0.756. The third kappa shape index (κ3) is 5.38. The number of carboxylic acids is 1. The zero-order valence-electron chi connectivity index (χ0n) is 10.6. The lowest BCUT2D eigenvalue weighted by atomic mass is 10.3. The predicted octanol–water partition coefficient (Wildman–Crippen LogP) is 1.99. The van der Waals surface area contributed by atoms with Crippen LogP contribution >= 0.6 is 11.6 Å². The van der Waals surface area contributed by atoms with E-state index in [0.717, 1.165) is 6.07 Å². The summed E-state index contributed by atoms with van der Waals surface area (Å²) in [7, 11) is 0. The van der Waals surface area contributed by atoms with Gasteiger partial charge in [0.05, 0.1) is 23.8 Å². The highest BCUT2D eigenvalue weighted by Gasteiger charge is 2.14. The van der Waals surface area contributed by atoms with Crippen molar-refractivity contribution < 1.29 is 19.1 Å². The number of amides is 1. The Balaban J connectivity index is 2.65. The van der Waals surface area contributed by atoms with E-state index >= 15 is 0 Å². The zero-order valence-corrected chi connectivity index (χ0v) is 11.4. The molecule has 0 saturated carbocycles. The predicted molar refractivity (Wildman–Crippen MR) is 74.3 cm³/mol. The number of hydrogen-bond acceptors (Lipinski definition) is 3. The van der Waals surface area contributed by atoms with E-state index in [9.17, 15) is 14.0 Å². The SMILES string of the molecule is C=CCN(CC(=O)O)CC(=O)Nc1ccc(F)cc1Cl. The van der Waals surface area contributed by atoms with Gasteiger partial charge in [-0.05, 0) is 18.2 Å². The van der Waals surface area contributed by atoms with E-state index in [1.54, 1.807) is 0 Å². The lowest BCUT2D eigenvalue weighted by molar-refractivity contribution is -0.138. The summed E-state index contributed by atoms with van der Waals surface area (Å²) in [5, 5.41) is 11.3. The Bertz CT molecular complexity index is 522. The van der Waals surface area contributed by atoms with Gasteiger partial charge in [-0.3, -0.25) is 14.5 Å². The lowest BCUT2D eigenvalue weighted by Gasteiger charge is -2.17. The number of halogens is 2. The Morgan fingerprint density at radius 2 is 2.15 bits per heavy atom. The first-order valence-corrected chi connectivity index (χ1v) is 6.10. The third-order valence-corrected chi connectivity index (χ3v) is 2.63. The maximum absolute atomic E-state index is 12.9. The Hall–Kier alpha value is -1.92. The zero-order chi connectivity index (χ0) is 15.1. The molecule has 108 valence electrons. The van der Waals surface area contributed by atoms with Crippen LogP contribution in [0.1, 0.15) is 0 Å². The number of carbonyl (C=O) groups excluding carboxylic acids is 1. The summed E-state index contributed by atoms with van der Waals surface area (Å²) in [6.45, 7) is 3.34. The van der Waals surface area contributed by atoms with Gasteiger partial charge in [0, 0.05) is 6.54 Å². The number of rotatable bonds is 7. The molecule has 7 heteroatoms. The summed E-state index contributed by atoms with van der Waals surface area (Å²) in [6, 6.07) is 3.58. The van der Waals surface area contributed by atoms with Crippen LogP contribution in [0.4, 0.5) is 10.1 Å². The van der Waals surface area contributed by atoms with E-state index in [-0.39, 0.29) is 30.3 Å². The van der Waals surface area contributed by atoms with Gasteiger partial charge >= 0.3 is 5.97 Å². The van der Waals surface area contributed by atoms with Crippen molar-refractivity contribution in [1.82, 2.24) is 4.90 Å². The molecule has 0 aliphatic rings. The maximum Gasteiger partial charge on any atom is 0.317 e. The average Bonchev–Trinajstić information content (AvgIpc) is 2.32. The van der Waals surface area contributed by atoms with E-state index < -0.39 is 17.7 Å². The van der Waals surface area contributed by atoms with Gasteiger partial charge in [0.15, 0.2) is 0 Å². The monoisotopic (exact) mass is 300 g/mol. The topological polar surface area (TPSA) is 69.6 Å².